The van der Waals surface area contributed by atoms with Crippen molar-refractivity contribution in [3.63, 3.8) is 0 Å². The smallest absolute Gasteiger partial charge is 0.232 e. The predicted molar refractivity (Wildman–Crippen MR) is 77.5 cm³/mol. The molecule has 0 atom stereocenters. The van der Waals surface area contributed by atoms with Gasteiger partial charge in [-0.15, -0.1) is 0 Å². The second-order valence-corrected chi connectivity index (χ2v) is 5.95. The minimum atomic E-state index is 0.188. The van der Waals surface area contributed by atoms with Gasteiger partial charge in [0, 0.05) is 26.0 Å². The fourth-order valence-electron chi connectivity index (χ4n) is 1.44. The predicted octanol–water partition coefficient (Wildman–Crippen LogP) is 2.82. The highest BCUT2D eigenvalue weighted by molar-refractivity contribution is 7.99. The van der Waals surface area contributed by atoms with Gasteiger partial charge in [0.1, 0.15) is 0 Å². The molecule has 0 radical (unpaired) electrons. The summed E-state index contributed by atoms with van der Waals surface area (Å²) in [6.45, 7) is 5.05. The van der Waals surface area contributed by atoms with E-state index in [2.05, 4.69) is 18.8 Å². The SMILES string of the molecule is CC(C)CCSCC(=O)N(C)Cc1cccnc1. The van der Waals surface area contributed by atoms with Gasteiger partial charge in [-0.1, -0.05) is 19.9 Å². The first kappa shape index (κ1) is 15.0. The van der Waals surface area contributed by atoms with Crippen LogP contribution in [0.3, 0.4) is 0 Å². The first-order valence-electron chi connectivity index (χ1n) is 6.30. The van der Waals surface area contributed by atoms with Gasteiger partial charge in [0.2, 0.25) is 5.91 Å². The molecule has 1 amide bonds. The van der Waals surface area contributed by atoms with Crippen molar-refractivity contribution in [1.82, 2.24) is 9.88 Å². The van der Waals surface area contributed by atoms with Crippen LogP contribution in [0.4, 0.5) is 0 Å². The minimum Gasteiger partial charge on any atom is -0.341 e. The van der Waals surface area contributed by atoms with Crippen molar-refractivity contribution < 1.29 is 4.79 Å². The highest BCUT2D eigenvalue weighted by Crippen LogP contribution is 2.10. The maximum absolute atomic E-state index is 11.9. The van der Waals surface area contributed by atoms with Gasteiger partial charge in [0.15, 0.2) is 0 Å². The molecule has 0 aliphatic heterocycles. The molecule has 0 saturated carbocycles. The lowest BCUT2D eigenvalue weighted by Crippen LogP contribution is -2.28. The van der Waals surface area contributed by atoms with Crippen molar-refractivity contribution in [2.45, 2.75) is 26.8 Å². The summed E-state index contributed by atoms with van der Waals surface area (Å²) in [4.78, 5) is 17.7. The number of nitrogens with zero attached hydrogens (tertiary/aromatic N) is 2. The average Bonchev–Trinajstić information content (AvgIpc) is 2.35. The molecule has 1 heterocycles. The third-order valence-electron chi connectivity index (χ3n) is 2.63. The Labute approximate surface area is 114 Å². The molecule has 0 aromatic carbocycles. The van der Waals surface area contributed by atoms with E-state index in [9.17, 15) is 4.79 Å². The molecule has 0 N–H and O–H groups in total. The van der Waals surface area contributed by atoms with Gasteiger partial charge >= 0.3 is 0 Å². The number of carbonyl (C=O) groups is 1. The fourth-order valence-corrected chi connectivity index (χ4v) is 2.62. The molecule has 0 aliphatic rings. The lowest BCUT2D eigenvalue weighted by Gasteiger charge is -2.17. The highest BCUT2D eigenvalue weighted by atomic mass is 32.2. The lowest BCUT2D eigenvalue weighted by molar-refractivity contribution is -0.127. The molecule has 0 aliphatic carbocycles. The van der Waals surface area contributed by atoms with Gasteiger partial charge in [-0.25, -0.2) is 0 Å². The van der Waals surface area contributed by atoms with E-state index in [1.165, 1.54) is 6.42 Å². The van der Waals surface area contributed by atoms with Crippen molar-refractivity contribution in [2.24, 2.45) is 5.92 Å². The van der Waals surface area contributed by atoms with Gasteiger partial charge in [-0.05, 0) is 29.7 Å². The summed E-state index contributed by atoms with van der Waals surface area (Å²) in [7, 11) is 1.85. The zero-order chi connectivity index (χ0) is 13.4. The molecule has 0 bridgehead atoms. The Hall–Kier alpha value is -1.03. The molecular weight excluding hydrogens is 244 g/mol. The van der Waals surface area contributed by atoms with E-state index in [1.54, 1.807) is 29.1 Å². The van der Waals surface area contributed by atoms with Crippen LogP contribution < -0.4 is 0 Å². The minimum absolute atomic E-state index is 0.188. The summed E-state index contributed by atoms with van der Waals surface area (Å²) >= 11 is 1.72. The molecular formula is C14H22N2OS. The van der Waals surface area contributed by atoms with Crippen molar-refractivity contribution in [3.05, 3.63) is 30.1 Å². The van der Waals surface area contributed by atoms with E-state index >= 15 is 0 Å². The third kappa shape index (κ3) is 6.05. The maximum atomic E-state index is 11.9. The molecule has 0 spiro atoms. The lowest BCUT2D eigenvalue weighted by atomic mass is 10.2. The molecule has 4 heteroatoms. The van der Waals surface area contributed by atoms with Crippen LogP contribution in [-0.4, -0.2) is 34.3 Å². The zero-order valence-corrected chi connectivity index (χ0v) is 12.2. The molecule has 0 saturated heterocycles. The molecule has 0 unspecified atom stereocenters. The Bertz CT molecular complexity index is 354. The van der Waals surface area contributed by atoms with Gasteiger partial charge in [-0.3, -0.25) is 9.78 Å². The largest absolute Gasteiger partial charge is 0.341 e. The molecule has 1 aromatic heterocycles. The second kappa shape index (κ2) is 8.14. The standard InChI is InChI=1S/C14H22N2OS/c1-12(2)6-8-18-11-14(17)16(3)10-13-5-4-7-15-9-13/h4-5,7,9,12H,6,8,10-11H2,1-3H3. The normalized spacial score (nSPS) is 10.7. The van der Waals surface area contributed by atoms with Crippen LogP contribution in [0.25, 0.3) is 0 Å². The van der Waals surface area contributed by atoms with Gasteiger partial charge in [0.25, 0.3) is 0 Å². The number of aromatic nitrogens is 1. The van der Waals surface area contributed by atoms with E-state index in [1.807, 2.05) is 19.2 Å². The van der Waals surface area contributed by atoms with Crippen molar-refractivity contribution in [3.8, 4) is 0 Å². The molecule has 0 fully saturated rings. The first-order valence-corrected chi connectivity index (χ1v) is 7.45. The monoisotopic (exact) mass is 266 g/mol. The Morgan fingerprint density at radius 3 is 2.89 bits per heavy atom. The number of pyridine rings is 1. The van der Waals surface area contributed by atoms with Crippen LogP contribution >= 0.6 is 11.8 Å². The van der Waals surface area contributed by atoms with Gasteiger partial charge in [-0.2, -0.15) is 11.8 Å². The Morgan fingerprint density at radius 2 is 2.28 bits per heavy atom. The first-order chi connectivity index (χ1) is 8.59. The number of hydrogen-bond donors (Lipinski definition) is 0. The number of amides is 1. The van der Waals surface area contributed by atoms with Crippen molar-refractivity contribution >= 4 is 17.7 Å². The number of hydrogen-bond acceptors (Lipinski definition) is 3. The Balaban J connectivity index is 2.25. The quantitative estimate of drug-likeness (QED) is 0.712. The van der Waals surface area contributed by atoms with Crippen LogP contribution in [0.1, 0.15) is 25.8 Å². The summed E-state index contributed by atoms with van der Waals surface area (Å²) in [5.41, 5.74) is 1.07. The molecule has 3 nitrogen and oxygen atoms in total. The maximum Gasteiger partial charge on any atom is 0.232 e. The van der Waals surface area contributed by atoms with Crippen LogP contribution in [-0.2, 0) is 11.3 Å². The summed E-state index contributed by atoms with van der Waals surface area (Å²) < 4.78 is 0. The summed E-state index contributed by atoms with van der Waals surface area (Å²) in [6.07, 6.45) is 4.72. The van der Waals surface area contributed by atoms with Crippen LogP contribution in [0.5, 0.6) is 0 Å². The highest BCUT2D eigenvalue weighted by Gasteiger charge is 2.09. The molecule has 1 aromatic rings. The number of rotatable bonds is 7. The van der Waals surface area contributed by atoms with Crippen LogP contribution in [0.15, 0.2) is 24.5 Å². The van der Waals surface area contributed by atoms with E-state index in [4.69, 9.17) is 0 Å². The fraction of sp³-hybridized carbons (Fsp3) is 0.571. The molecule has 1 rings (SSSR count). The Kier molecular flexibility index (Phi) is 6.80. The summed E-state index contributed by atoms with van der Waals surface area (Å²) in [6, 6.07) is 3.88. The van der Waals surface area contributed by atoms with E-state index in [0.717, 1.165) is 11.3 Å². The number of carbonyl (C=O) groups excluding carboxylic acids is 1. The third-order valence-corrected chi connectivity index (χ3v) is 3.61. The average molecular weight is 266 g/mol. The van der Waals surface area contributed by atoms with Gasteiger partial charge < -0.3 is 4.90 Å². The van der Waals surface area contributed by atoms with Crippen molar-refractivity contribution in [2.75, 3.05) is 18.6 Å². The van der Waals surface area contributed by atoms with Gasteiger partial charge in [0.05, 0.1) is 5.75 Å². The van der Waals surface area contributed by atoms with Crippen molar-refractivity contribution in [1.29, 1.82) is 0 Å². The molecule has 18 heavy (non-hydrogen) atoms. The summed E-state index contributed by atoms with van der Waals surface area (Å²) in [5.74, 6) is 2.53. The summed E-state index contributed by atoms with van der Waals surface area (Å²) in [5, 5.41) is 0. The topological polar surface area (TPSA) is 33.2 Å². The zero-order valence-electron chi connectivity index (χ0n) is 11.4. The van der Waals surface area contributed by atoms with Crippen LogP contribution in [0.2, 0.25) is 0 Å². The van der Waals surface area contributed by atoms with E-state index in [0.29, 0.717) is 18.2 Å². The second-order valence-electron chi connectivity index (χ2n) is 4.85. The number of thioether (sulfide) groups is 1. The molecule has 100 valence electrons. The van der Waals surface area contributed by atoms with E-state index < -0.39 is 0 Å². The van der Waals surface area contributed by atoms with Crippen LogP contribution in [0, 0.1) is 5.92 Å². The van der Waals surface area contributed by atoms with E-state index in [-0.39, 0.29) is 5.91 Å². The Morgan fingerprint density at radius 1 is 1.50 bits per heavy atom.